The number of hydrogen-bond acceptors (Lipinski definition) is 5. The molecule has 0 saturated carbocycles. The Morgan fingerprint density at radius 3 is 2.62 bits per heavy atom. The molecule has 1 N–H and O–H groups in total. The lowest BCUT2D eigenvalue weighted by atomic mass is 10.0. The Kier molecular flexibility index (Phi) is 5.25. The summed E-state index contributed by atoms with van der Waals surface area (Å²) in [6.45, 7) is 3.71. The van der Waals surface area contributed by atoms with Gasteiger partial charge in [0.05, 0.1) is 7.11 Å². The van der Waals surface area contributed by atoms with E-state index in [-0.39, 0.29) is 5.70 Å². The van der Waals surface area contributed by atoms with Crippen LogP contribution in [0.2, 0.25) is 0 Å². The molecular formula is C19H23N3O4. The minimum absolute atomic E-state index is 0.160. The number of carbonyl (C=O) groups is 3. The third-order valence-corrected chi connectivity index (χ3v) is 4.75. The molecule has 0 aromatic heterocycles. The van der Waals surface area contributed by atoms with Crippen molar-refractivity contribution in [1.82, 2.24) is 10.2 Å². The second-order valence-electron chi connectivity index (χ2n) is 6.54. The van der Waals surface area contributed by atoms with Crippen molar-refractivity contribution >= 4 is 29.7 Å². The highest BCUT2D eigenvalue weighted by Gasteiger charge is 2.35. The van der Waals surface area contributed by atoms with Gasteiger partial charge in [0.1, 0.15) is 12.2 Å². The number of nitrogens with zero attached hydrogens (tertiary/aromatic N) is 2. The van der Waals surface area contributed by atoms with Gasteiger partial charge in [0.15, 0.2) is 0 Å². The molecule has 2 saturated heterocycles. The zero-order valence-corrected chi connectivity index (χ0v) is 15.1. The van der Waals surface area contributed by atoms with Crippen LogP contribution in [-0.2, 0) is 14.3 Å². The first kappa shape index (κ1) is 18.0. The smallest absolute Gasteiger partial charge is 0.329 e. The number of esters is 1. The molecule has 138 valence electrons. The Morgan fingerprint density at radius 1 is 1.23 bits per heavy atom. The van der Waals surface area contributed by atoms with Crippen LogP contribution in [0.4, 0.5) is 10.5 Å². The molecule has 26 heavy (non-hydrogen) atoms. The van der Waals surface area contributed by atoms with E-state index < -0.39 is 24.5 Å². The Labute approximate surface area is 152 Å². The van der Waals surface area contributed by atoms with E-state index in [0.29, 0.717) is 0 Å². The van der Waals surface area contributed by atoms with E-state index in [4.69, 9.17) is 0 Å². The first-order chi connectivity index (χ1) is 12.5. The fraction of sp³-hybridized carbons (Fsp3) is 0.421. The van der Waals surface area contributed by atoms with Crippen LogP contribution in [0.5, 0.6) is 0 Å². The summed E-state index contributed by atoms with van der Waals surface area (Å²) in [5, 5.41) is 2.52. The van der Waals surface area contributed by atoms with Gasteiger partial charge >= 0.3 is 12.0 Å². The number of hydrogen-bond donors (Lipinski definition) is 1. The van der Waals surface area contributed by atoms with Gasteiger partial charge in [-0.25, -0.2) is 9.69 Å². The molecule has 0 bridgehead atoms. The van der Waals surface area contributed by atoms with Crippen molar-refractivity contribution in [3.05, 3.63) is 35.0 Å². The largest absolute Gasteiger partial charge is 0.468 e. The van der Waals surface area contributed by atoms with Gasteiger partial charge in [-0.2, -0.15) is 0 Å². The number of piperidine rings is 1. The predicted molar refractivity (Wildman–Crippen MR) is 97.5 cm³/mol. The van der Waals surface area contributed by atoms with Crippen LogP contribution in [0.1, 0.15) is 30.4 Å². The minimum Gasteiger partial charge on any atom is -0.468 e. The minimum atomic E-state index is -0.642. The van der Waals surface area contributed by atoms with Crippen LogP contribution in [0.25, 0.3) is 6.08 Å². The molecule has 3 amide bonds. The second kappa shape index (κ2) is 7.59. The van der Waals surface area contributed by atoms with Crippen molar-refractivity contribution in [3.8, 4) is 0 Å². The average Bonchev–Trinajstić information content (AvgIpc) is 2.91. The standard InChI is InChI=1S/C19H23N3O4/c1-13-10-15(21-8-4-3-5-9-21)7-6-14(13)11-16-18(24)22(19(25)20-16)12-17(23)26-2/h6-7,10-11H,3-5,8-9,12H2,1-2H3,(H,20,25)/b16-11+. The molecule has 2 fully saturated rings. The maximum absolute atomic E-state index is 12.4. The lowest BCUT2D eigenvalue weighted by molar-refractivity contribution is -0.143. The summed E-state index contributed by atoms with van der Waals surface area (Å²) >= 11 is 0. The summed E-state index contributed by atoms with van der Waals surface area (Å²) in [5.41, 5.74) is 3.22. The van der Waals surface area contributed by atoms with Gasteiger partial charge in [-0.15, -0.1) is 0 Å². The molecular weight excluding hydrogens is 334 g/mol. The molecule has 2 aliphatic heterocycles. The number of amides is 3. The van der Waals surface area contributed by atoms with Crippen LogP contribution < -0.4 is 10.2 Å². The molecule has 0 aliphatic carbocycles. The van der Waals surface area contributed by atoms with Crippen molar-refractivity contribution in [3.63, 3.8) is 0 Å². The third-order valence-electron chi connectivity index (χ3n) is 4.75. The zero-order valence-electron chi connectivity index (χ0n) is 15.1. The summed E-state index contributed by atoms with van der Waals surface area (Å²) in [5.74, 6) is -1.17. The van der Waals surface area contributed by atoms with Gasteiger partial charge in [0, 0.05) is 18.8 Å². The maximum atomic E-state index is 12.4. The summed E-state index contributed by atoms with van der Waals surface area (Å²) in [4.78, 5) is 38.8. The number of urea groups is 1. The highest BCUT2D eigenvalue weighted by molar-refractivity contribution is 6.15. The van der Waals surface area contributed by atoms with E-state index in [2.05, 4.69) is 21.0 Å². The van der Waals surface area contributed by atoms with Crippen molar-refractivity contribution in [2.75, 3.05) is 31.6 Å². The summed E-state index contributed by atoms with van der Waals surface area (Å²) in [6.07, 6.45) is 5.35. The van der Waals surface area contributed by atoms with Gasteiger partial charge in [-0.1, -0.05) is 6.07 Å². The number of imide groups is 1. The number of anilines is 1. The number of ether oxygens (including phenoxy) is 1. The fourth-order valence-electron chi connectivity index (χ4n) is 3.23. The first-order valence-electron chi connectivity index (χ1n) is 8.76. The van der Waals surface area contributed by atoms with E-state index >= 15 is 0 Å². The van der Waals surface area contributed by atoms with Gasteiger partial charge in [0.25, 0.3) is 5.91 Å². The number of aryl methyl sites for hydroxylation is 1. The summed E-state index contributed by atoms with van der Waals surface area (Å²) in [7, 11) is 1.21. The lowest BCUT2D eigenvalue weighted by Crippen LogP contribution is -2.36. The first-order valence-corrected chi connectivity index (χ1v) is 8.76. The Bertz CT molecular complexity index is 766. The van der Waals surface area contributed by atoms with Crippen LogP contribution in [0, 0.1) is 6.92 Å². The second-order valence-corrected chi connectivity index (χ2v) is 6.54. The molecule has 2 aliphatic rings. The number of methoxy groups -OCH3 is 1. The van der Waals surface area contributed by atoms with E-state index in [1.54, 1.807) is 6.08 Å². The Morgan fingerprint density at radius 2 is 1.96 bits per heavy atom. The Hall–Kier alpha value is -2.83. The number of benzene rings is 1. The molecule has 1 aromatic carbocycles. The van der Waals surface area contributed by atoms with E-state index in [1.165, 1.54) is 32.1 Å². The van der Waals surface area contributed by atoms with Crippen LogP contribution in [0.15, 0.2) is 23.9 Å². The highest BCUT2D eigenvalue weighted by atomic mass is 16.5. The molecule has 7 nitrogen and oxygen atoms in total. The van der Waals surface area contributed by atoms with E-state index in [0.717, 1.165) is 29.1 Å². The monoisotopic (exact) mass is 357 g/mol. The number of carbonyl (C=O) groups excluding carboxylic acids is 3. The van der Waals surface area contributed by atoms with Crippen molar-refractivity contribution in [2.24, 2.45) is 0 Å². The number of nitrogens with one attached hydrogen (secondary N) is 1. The SMILES string of the molecule is COC(=O)CN1C(=O)N/C(=C/c2ccc(N3CCCCC3)cc2C)C1=O. The Balaban J connectivity index is 1.78. The van der Waals surface area contributed by atoms with Crippen LogP contribution >= 0.6 is 0 Å². The molecule has 0 atom stereocenters. The highest BCUT2D eigenvalue weighted by Crippen LogP contribution is 2.24. The maximum Gasteiger partial charge on any atom is 0.329 e. The lowest BCUT2D eigenvalue weighted by Gasteiger charge is -2.29. The molecule has 2 heterocycles. The normalized spacial score (nSPS) is 19.1. The van der Waals surface area contributed by atoms with E-state index in [9.17, 15) is 14.4 Å². The number of rotatable bonds is 4. The molecule has 3 rings (SSSR count). The van der Waals surface area contributed by atoms with Gasteiger partial charge in [-0.3, -0.25) is 9.59 Å². The molecule has 0 spiro atoms. The molecule has 0 unspecified atom stereocenters. The van der Waals surface area contributed by atoms with Gasteiger partial charge < -0.3 is 15.0 Å². The van der Waals surface area contributed by atoms with Crippen LogP contribution in [-0.4, -0.2) is 49.6 Å². The van der Waals surface area contributed by atoms with E-state index in [1.807, 2.05) is 19.1 Å². The van der Waals surface area contributed by atoms with Gasteiger partial charge in [0.2, 0.25) is 0 Å². The van der Waals surface area contributed by atoms with Crippen molar-refractivity contribution < 1.29 is 19.1 Å². The van der Waals surface area contributed by atoms with Crippen LogP contribution in [0.3, 0.4) is 0 Å². The zero-order chi connectivity index (χ0) is 18.7. The fourth-order valence-corrected chi connectivity index (χ4v) is 3.23. The molecule has 7 heteroatoms. The quantitative estimate of drug-likeness (QED) is 0.507. The summed E-state index contributed by atoms with van der Waals surface area (Å²) < 4.78 is 4.52. The predicted octanol–water partition coefficient (Wildman–Crippen LogP) is 2.05. The summed E-state index contributed by atoms with van der Waals surface area (Å²) in [6, 6.07) is 5.48. The van der Waals surface area contributed by atoms with Crippen molar-refractivity contribution in [2.45, 2.75) is 26.2 Å². The topological polar surface area (TPSA) is 79.0 Å². The van der Waals surface area contributed by atoms with Crippen molar-refractivity contribution in [1.29, 1.82) is 0 Å². The average molecular weight is 357 g/mol. The van der Waals surface area contributed by atoms with Gasteiger partial charge in [-0.05, 0) is 55.5 Å². The third kappa shape index (κ3) is 3.71. The molecule has 0 radical (unpaired) electrons. The molecule has 1 aromatic rings.